The molecule has 22 heavy (non-hydrogen) atoms. The first-order valence-corrected chi connectivity index (χ1v) is 8.01. The lowest BCUT2D eigenvalue weighted by atomic mass is 10.2. The first-order valence-electron chi connectivity index (χ1n) is 7.19. The maximum atomic E-state index is 4.68. The topological polar surface area (TPSA) is 50.7 Å². The van der Waals surface area contributed by atoms with Crippen molar-refractivity contribution in [1.82, 2.24) is 15.0 Å². The molecule has 112 valence electrons. The van der Waals surface area contributed by atoms with E-state index in [4.69, 9.17) is 0 Å². The van der Waals surface area contributed by atoms with E-state index in [0.29, 0.717) is 0 Å². The summed E-state index contributed by atoms with van der Waals surface area (Å²) >= 11 is 1.72. The molecule has 0 spiro atoms. The molecule has 0 atom stereocenters. The van der Waals surface area contributed by atoms with Crippen LogP contribution in [0, 0.1) is 20.8 Å². The van der Waals surface area contributed by atoms with Crippen LogP contribution in [0.15, 0.2) is 36.5 Å². The molecule has 0 fully saturated rings. The van der Waals surface area contributed by atoms with Crippen molar-refractivity contribution in [2.75, 3.05) is 5.32 Å². The van der Waals surface area contributed by atoms with E-state index in [1.165, 1.54) is 4.88 Å². The highest BCUT2D eigenvalue weighted by Crippen LogP contribution is 2.28. The second kappa shape index (κ2) is 6.23. The summed E-state index contributed by atoms with van der Waals surface area (Å²) < 4.78 is 0. The molecule has 0 amide bonds. The average Bonchev–Trinajstić information content (AvgIpc) is 2.90. The van der Waals surface area contributed by atoms with Crippen molar-refractivity contribution in [3.05, 3.63) is 58.5 Å². The van der Waals surface area contributed by atoms with Crippen LogP contribution in [0.1, 0.15) is 22.0 Å². The molecular formula is C17H18N4S. The number of aryl methyl sites for hydroxylation is 3. The lowest BCUT2D eigenvalue weighted by molar-refractivity contribution is 1.02. The predicted molar refractivity (Wildman–Crippen MR) is 91.1 cm³/mol. The number of nitrogens with zero attached hydrogens (tertiary/aromatic N) is 3. The van der Waals surface area contributed by atoms with Crippen LogP contribution in [0.5, 0.6) is 0 Å². The molecule has 3 aromatic rings. The number of nitrogens with one attached hydrogen (secondary N) is 1. The molecule has 0 saturated carbocycles. The quantitative estimate of drug-likeness (QED) is 0.787. The number of anilines is 1. The molecule has 0 bridgehead atoms. The first kappa shape index (κ1) is 14.7. The fraction of sp³-hybridized carbons (Fsp3) is 0.235. The van der Waals surface area contributed by atoms with Gasteiger partial charge in [-0.1, -0.05) is 30.3 Å². The summed E-state index contributed by atoms with van der Waals surface area (Å²) in [6.45, 7) is 6.68. The molecule has 2 heterocycles. The van der Waals surface area contributed by atoms with Gasteiger partial charge < -0.3 is 5.32 Å². The highest BCUT2D eigenvalue weighted by molar-refractivity contribution is 7.15. The van der Waals surface area contributed by atoms with E-state index in [0.717, 1.165) is 40.0 Å². The van der Waals surface area contributed by atoms with E-state index >= 15 is 0 Å². The maximum absolute atomic E-state index is 4.68. The zero-order chi connectivity index (χ0) is 15.5. The van der Waals surface area contributed by atoms with Crippen molar-refractivity contribution in [2.45, 2.75) is 27.3 Å². The Morgan fingerprint density at radius 3 is 2.55 bits per heavy atom. The smallest absolute Gasteiger partial charge is 0.148 e. The van der Waals surface area contributed by atoms with Gasteiger partial charge in [-0.3, -0.25) is 4.98 Å². The lowest BCUT2D eigenvalue weighted by Gasteiger charge is -2.07. The third kappa shape index (κ3) is 3.14. The SMILES string of the molecule is Cc1cnc(C)c(NCc2sc(-c3ccccc3)nc2C)n1. The summed E-state index contributed by atoms with van der Waals surface area (Å²) in [5.41, 5.74) is 4.05. The molecule has 0 aliphatic carbocycles. The van der Waals surface area contributed by atoms with E-state index in [9.17, 15) is 0 Å². The Kier molecular flexibility index (Phi) is 4.15. The molecule has 0 unspecified atom stereocenters. The number of benzene rings is 1. The zero-order valence-corrected chi connectivity index (χ0v) is 13.7. The van der Waals surface area contributed by atoms with Gasteiger partial charge in [-0.25, -0.2) is 9.97 Å². The average molecular weight is 310 g/mol. The van der Waals surface area contributed by atoms with Gasteiger partial charge in [0.25, 0.3) is 0 Å². The van der Waals surface area contributed by atoms with E-state index in [2.05, 4.69) is 39.3 Å². The number of hydrogen-bond donors (Lipinski definition) is 1. The fourth-order valence-corrected chi connectivity index (χ4v) is 3.17. The zero-order valence-electron chi connectivity index (χ0n) is 12.9. The van der Waals surface area contributed by atoms with Gasteiger partial charge in [-0.05, 0) is 20.8 Å². The Hall–Kier alpha value is -2.27. The van der Waals surface area contributed by atoms with Gasteiger partial charge in [0, 0.05) is 16.6 Å². The number of hydrogen-bond acceptors (Lipinski definition) is 5. The first-order chi connectivity index (χ1) is 10.6. The molecule has 1 N–H and O–H groups in total. The minimum absolute atomic E-state index is 0.718. The Morgan fingerprint density at radius 2 is 1.77 bits per heavy atom. The fourth-order valence-electron chi connectivity index (χ4n) is 2.17. The Morgan fingerprint density at radius 1 is 1.00 bits per heavy atom. The van der Waals surface area contributed by atoms with Crippen LogP contribution in [0.3, 0.4) is 0 Å². The predicted octanol–water partition coefficient (Wildman–Crippen LogP) is 4.14. The van der Waals surface area contributed by atoms with Crippen LogP contribution in [-0.4, -0.2) is 15.0 Å². The van der Waals surface area contributed by atoms with Crippen molar-refractivity contribution in [2.24, 2.45) is 0 Å². The molecule has 3 rings (SSSR count). The molecule has 0 saturated heterocycles. The standard InChI is InChI=1S/C17H18N4S/c1-11-9-18-13(3)16(20-11)19-10-15-12(2)21-17(22-15)14-7-5-4-6-8-14/h4-9H,10H2,1-3H3,(H,19,20). The molecule has 1 aromatic carbocycles. The molecular weight excluding hydrogens is 292 g/mol. The van der Waals surface area contributed by atoms with Gasteiger partial charge in [0.05, 0.1) is 23.6 Å². The van der Waals surface area contributed by atoms with Crippen LogP contribution >= 0.6 is 11.3 Å². The van der Waals surface area contributed by atoms with Crippen LogP contribution in [0.2, 0.25) is 0 Å². The van der Waals surface area contributed by atoms with Crippen LogP contribution in [0.25, 0.3) is 10.6 Å². The summed E-state index contributed by atoms with van der Waals surface area (Å²) in [5.74, 6) is 0.842. The van der Waals surface area contributed by atoms with Crippen molar-refractivity contribution < 1.29 is 0 Å². The highest BCUT2D eigenvalue weighted by Gasteiger charge is 2.10. The number of rotatable bonds is 4. The maximum Gasteiger partial charge on any atom is 0.148 e. The molecule has 2 aromatic heterocycles. The molecule has 0 radical (unpaired) electrons. The van der Waals surface area contributed by atoms with Crippen molar-refractivity contribution >= 4 is 17.2 Å². The van der Waals surface area contributed by atoms with Crippen LogP contribution < -0.4 is 5.32 Å². The van der Waals surface area contributed by atoms with Gasteiger partial charge in [0.2, 0.25) is 0 Å². The van der Waals surface area contributed by atoms with Crippen LogP contribution in [0.4, 0.5) is 5.82 Å². The third-order valence-electron chi connectivity index (χ3n) is 3.41. The second-order valence-corrected chi connectivity index (χ2v) is 6.28. The van der Waals surface area contributed by atoms with Gasteiger partial charge in [-0.15, -0.1) is 11.3 Å². The minimum atomic E-state index is 0.718. The van der Waals surface area contributed by atoms with E-state index in [1.807, 2.05) is 32.0 Å². The van der Waals surface area contributed by atoms with Gasteiger partial charge in [0.1, 0.15) is 10.8 Å². The molecule has 5 heteroatoms. The van der Waals surface area contributed by atoms with E-state index in [1.54, 1.807) is 17.5 Å². The van der Waals surface area contributed by atoms with Crippen molar-refractivity contribution in [3.63, 3.8) is 0 Å². The van der Waals surface area contributed by atoms with Gasteiger partial charge >= 0.3 is 0 Å². The van der Waals surface area contributed by atoms with Gasteiger partial charge in [0.15, 0.2) is 0 Å². The summed E-state index contributed by atoms with van der Waals surface area (Å²) in [6.07, 6.45) is 1.78. The second-order valence-electron chi connectivity index (χ2n) is 5.19. The summed E-state index contributed by atoms with van der Waals surface area (Å²) in [6, 6.07) is 10.3. The van der Waals surface area contributed by atoms with Crippen molar-refractivity contribution in [1.29, 1.82) is 0 Å². The lowest BCUT2D eigenvalue weighted by Crippen LogP contribution is -2.05. The monoisotopic (exact) mass is 310 g/mol. The molecule has 0 aliphatic rings. The largest absolute Gasteiger partial charge is 0.364 e. The molecule has 0 aliphatic heterocycles. The number of aromatic nitrogens is 3. The summed E-state index contributed by atoms with van der Waals surface area (Å²) in [4.78, 5) is 14.7. The normalized spacial score (nSPS) is 10.7. The minimum Gasteiger partial charge on any atom is -0.364 e. The third-order valence-corrected chi connectivity index (χ3v) is 4.61. The Bertz CT molecular complexity index is 781. The van der Waals surface area contributed by atoms with E-state index in [-0.39, 0.29) is 0 Å². The summed E-state index contributed by atoms with van der Waals surface area (Å²) in [5, 5.41) is 4.43. The summed E-state index contributed by atoms with van der Waals surface area (Å²) in [7, 11) is 0. The van der Waals surface area contributed by atoms with Crippen molar-refractivity contribution in [3.8, 4) is 10.6 Å². The highest BCUT2D eigenvalue weighted by atomic mass is 32.1. The number of thiazole rings is 1. The van der Waals surface area contributed by atoms with Crippen LogP contribution in [-0.2, 0) is 6.54 Å². The molecule has 4 nitrogen and oxygen atoms in total. The van der Waals surface area contributed by atoms with Gasteiger partial charge in [-0.2, -0.15) is 0 Å². The Balaban J connectivity index is 1.79. The Labute approximate surface area is 134 Å². The van der Waals surface area contributed by atoms with E-state index < -0.39 is 0 Å².